The molecule has 0 saturated heterocycles. The van der Waals surface area contributed by atoms with E-state index in [9.17, 15) is 0 Å². The summed E-state index contributed by atoms with van der Waals surface area (Å²) >= 11 is 0. The van der Waals surface area contributed by atoms with E-state index >= 15 is 0 Å². The average Bonchev–Trinajstić information content (AvgIpc) is 3.74. The van der Waals surface area contributed by atoms with Crippen LogP contribution in [-0.2, 0) is 32.5 Å². The fourth-order valence-electron chi connectivity index (χ4n) is 13.1. The molecule has 7 aromatic carbocycles. The SMILES string of the molecule is CC(C)(C)c1ccc(N2c3cc4c(cc3B3c5oc6cc7c(cc6c5N(c5ccc(C(C)(C)C)cc5)c5cc(N(c6ccccc6)c6ccccc6)cc2c53)C(C)(C)CCC7(C)C)C(C)(C)CCC4(C)C)cc1. The van der Waals surface area contributed by atoms with Crippen molar-refractivity contribution in [1.29, 1.82) is 0 Å². The normalized spacial score (nSPS) is 17.9. The van der Waals surface area contributed by atoms with Crippen LogP contribution in [0.5, 0.6) is 0 Å². The van der Waals surface area contributed by atoms with Crippen molar-refractivity contribution in [2.75, 3.05) is 14.7 Å². The summed E-state index contributed by atoms with van der Waals surface area (Å²) in [5.41, 5.74) is 23.3. The zero-order chi connectivity index (χ0) is 51.4. The molecule has 0 N–H and O–H groups in total. The Labute approximate surface area is 436 Å². The van der Waals surface area contributed by atoms with Crippen molar-refractivity contribution in [1.82, 2.24) is 0 Å². The molecule has 1 aromatic heterocycles. The van der Waals surface area contributed by atoms with Crippen LogP contribution in [0.4, 0.5) is 51.2 Å². The smallest absolute Gasteiger partial charge is 0.297 e. The zero-order valence-electron chi connectivity index (χ0n) is 46.0. The zero-order valence-corrected chi connectivity index (χ0v) is 46.0. The first-order valence-corrected chi connectivity index (χ1v) is 27.1. The Kier molecular flexibility index (Phi) is 10.4. The molecule has 2 aliphatic carbocycles. The third-order valence-corrected chi connectivity index (χ3v) is 17.9. The largest absolute Gasteiger partial charge is 0.468 e. The van der Waals surface area contributed by atoms with Crippen LogP contribution in [0.3, 0.4) is 0 Å². The van der Waals surface area contributed by atoms with Crippen molar-refractivity contribution in [3.63, 3.8) is 0 Å². The van der Waals surface area contributed by atoms with E-state index in [0.717, 1.165) is 71.1 Å². The van der Waals surface area contributed by atoms with Gasteiger partial charge in [-0.15, -0.1) is 0 Å². The van der Waals surface area contributed by atoms with E-state index in [0.29, 0.717) is 0 Å². The van der Waals surface area contributed by atoms with Crippen LogP contribution in [0.15, 0.2) is 150 Å². The molecule has 3 heterocycles. The predicted octanol–water partition coefficient (Wildman–Crippen LogP) is 17.3. The predicted molar refractivity (Wildman–Crippen MR) is 313 cm³/mol. The van der Waals surface area contributed by atoms with Crippen LogP contribution in [0.25, 0.3) is 11.0 Å². The molecule has 73 heavy (non-hydrogen) atoms. The monoisotopic (exact) mass is 960 g/mol. The van der Waals surface area contributed by atoms with Gasteiger partial charge in [-0.3, -0.25) is 0 Å². The van der Waals surface area contributed by atoms with Crippen LogP contribution in [0, 0.1) is 0 Å². The average molecular weight is 960 g/mol. The molecule has 8 aromatic rings. The fourth-order valence-corrected chi connectivity index (χ4v) is 13.1. The Morgan fingerprint density at radius 3 is 1.36 bits per heavy atom. The van der Waals surface area contributed by atoms with E-state index in [1.54, 1.807) is 0 Å². The number of hydrogen-bond acceptors (Lipinski definition) is 4. The van der Waals surface area contributed by atoms with Crippen LogP contribution in [0.2, 0.25) is 0 Å². The molecule has 0 amide bonds. The Balaban J connectivity index is 1.25. The van der Waals surface area contributed by atoms with E-state index in [1.165, 1.54) is 66.8 Å². The molecule has 2 aliphatic heterocycles. The summed E-state index contributed by atoms with van der Waals surface area (Å²) in [6.45, 7) is 33.3. The van der Waals surface area contributed by atoms with Crippen LogP contribution in [0.1, 0.15) is 156 Å². The van der Waals surface area contributed by atoms with Gasteiger partial charge in [0.2, 0.25) is 0 Å². The van der Waals surface area contributed by atoms with Crippen molar-refractivity contribution in [3.8, 4) is 0 Å². The van der Waals surface area contributed by atoms with Gasteiger partial charge in [0.25, 0.3) is 6.71 Å². The molecule has 370 valence electrons. The minimum absolute atomic E-state index is 0.000331. The van der Waals surface area contributed by atoms with Crippen molar-refractivity contribution in [3.05, 3.63) is 179 Å². The highest BCUT2D eigenvalue weighted by molar-refractivity contribution is 7.00. The molecule has 12 rings (SSSR count). The minimum atomic E-state index is -0.183. The van der Waals surface area contributed by atoms with E-state index < -0.39 is 0 Å². The van der Waals surface area contributed by atoms with Gasteiger partial charge in [-0.2, -0.15) is 0 Å². The number of rotatable bonds is 5. The molecule has 4 aliphatic rings. The third kappa shape index (κ3) is 7.52. The lowest BCUT2D eigenvalue weighted by atomic mass is 9.35. The number of nitrogens with zero attached hydrogens (tertiary/aromatic N) is 3. The van der Waals surface area contributed by atoms with Crippen molar-refractivity contribution >= 4 is 85.5 Å². The van der Waals surface area contributed by atoms with E-state index in [-0.39, 0.29) is 39.2 Å². The maximum atomic E-state index is 7.73. The summed E-state index contributed by atoms with van der Waals surface area (Å²) in [6, 6.07) is 55.9. The summed E-state index contributed by atoms with van der Waals surface area (Å²) < 4.78 is 7.73. The highest BCUT2D eigenvalue weighted by Crippen LogP contribution is 2.55. The van der Waals surface area contributed by atoms with E-state index in [2.05, 4.69) is 257 Å². The Bertz CT molecular complexity index is 3430. The number of anilines is 9. The lowest BCUT2D eigenvalue weighted by Gasteiger charge is -2.47. The number of hydrogen-bond donors (Lipinski definition) is 0. The summed E-state index contributed by atoms with van der Waals surface area (Å²) in [7, 11) is 0. The van der Waals surface area contributed by atoms with Gasteiger partial charge in [0, 0.05) is 45.2 Å². The summed E-state index contributed by atoms with van der Waals surface area (Å²) in [6.07, 6.45) is 4.56. The molecule has 0 fully saturated rings. The molecule has 0 atom stereocenters. The minimum Gasteiger partial charge on any atom is -0.468 e. The fraction of sp³-hybridized carbons (Fsp3) is 0.353. The standard InChI is InChI=1S/C68H74BN3O/c1-63(2,3)43-25-29-47(30-26-43)71-56-41-53-52(66(9,10)34-35-67(53,11)12)40-55(56)69-60-57(71)37-49(70(45-21-17-15-18-22-45)46-23-19-16-20-24-46)38-58(60)72(48-31-27-44(28-32-48)64(4,5)6)61-50-39-51-54(42-59(50)73-62(61)69)68(13,14)36-33-65(51,7)8/h15-32,37-42H,33-36H2,1-14H3. The second-order valence-corrected chi connectivity index (χ2v) is 26.8. The molecule has 4 nitrogen and oxygen atoms in total. The van der Waals surface area contributed by atoms with Gasteiger partial charge >= 0.3 is 0 Å². The maximum Gasteiger partial charge on any atom is 0.297 e. The highest BCUT2D eigenvalue weighted by Gasteiger charge is 2.50. The van der Waals surface area contributed by atoms with Gasteiger partial charge < -0.3 is 19.1 Å². The molecule has 0 bridgehead atoms. The van der Waals surface area contributed by atoms with Crippen molar-refractivity contribution < 1.29 is 4.42 Å². The van der Waals surface area contributed by atoms with Crippen LogP contribution < -0.4 is 31.3 Å². The maximum absolute atomic E-state index is 7.73. The van der Waals surface area contributed by atoms with Gasteiger partial charge in [0.05, 0.1) is 17.0 Å². The van der Waals surface area contributed by atoms with E-state index in [4.69, 9.17) is 4.42 Å². The Morgan fingerprint density at radius 1 is 0.452 bits per heavy atom. The molecule has 0 saturated carbocycles. The van der Waals surface area contributed by atoms with E-state index in [1.807, 2.05) is 0 Å². The Morgan fingerprint density at radius 2 is 0.877 bits per heavy atom. The molecular formula is C68H74BN3O. The first-order chi connectivity index (χ1) is 34.4. The van der Waals surface area contributed by atoms with Crippen LogP contribution >= 0.6 is 0 Å². The first-order valence-electron chi connectivity index (χ1n) is 27.1. The van der Waals surface area contributed by atoms with Crippen LogP contribution in [-0.4, -0.2) is 6.71 Å². The number of para-hydroxylation sites is 2. The summed E-state index contributed by atoms with van der Waals surface area (Å²) in [4.78, 5) is 7.65. The van der Waals surface area contributed by atoms with Gasteiger partial charge in [0.1, 0.15) is 5.58 Å². The quantitative estimate of drug-likeness (QED) is 0.160. The second-order valence-electron chi connectivity index (χ2n) is 26.8. The first kappa shape index (κ1) is 47.5. The van der Waals surface area contributed by atoms with Gasteiger partial charge in [-0.1, -0.05) is 164 Å². The lowest BCUT2D eigenvalue weighted by Crippen LogP contribution is -2.61. The van der Waals surface area contributed by atoms with Crippen molar-refractivity contribution in [2.24, 2.45) is 0 Å². The highest BCUT2D eigenvalue weighted by atomic mass is 16.3. The summed E-state index contributed by atoms with van der Waals surface area (Å²) in [5, 5.41) is 1.18. The van der Waals surface area contributed by atoms with Gasteiger partial charge in [-0.25, -0.2) is 0 Å². The molecule has 0 spiro atoms. The summed E-state index contributed by atoms with van der Waals surface area (Å²) in [5.74, 6) is 0. The molecule has 5 heteroatoms. The molecule has 0 unspecified atom stereocenters. The Hall–Kier alpha value is -6.46. The second kappa shape index (κ2) is 16.0. The lowest BCUT2D eigenvalue weighted by molar-refractivity contribution is 0.332. The molecule has 0 radical (unpaired) electrons. The van der Waals surface area contributed by atoms with Crippen molar-refractivity contribution in [2.45, 2.75) is 155 Å². The number of benzene rings is 7. The number of fused-ring (bicyclic) bond motifs is 8. The topological polar surface area (TPSA) is 22.9 Å². The van der Waals surface area contributed by atoms with Gasteiger partial charge in [-0.05, 0) is 181 Å². The third-order valence-electron chi connectivity index (χ3n) is 17.9. The number of furan rings is 1. The molecular weight excluding hydrogens is 886 g/mol. The van der Waals surface area contributed by atoms with Gasteiger partial charge in [0.15, 0.2) is 0 Å².